The second-order valence-corrected chi connectivity index (χ2v) is 4.51. The standard InChI is InChI=1S/C8HN7O12/c16-10(17)3-1-2(9-8(15(26)27)4(1)11(18)19)5(12(20)21)7(14(24)25)6(3)13(22)23/h9H. The SMILES string of the molecule is O=[N+]([O-])c1[nH]c2c([N+](=O)[O-])c([N+](=O)[O-])c([N+](=O)[O-])c([N+](=O)[O-])c2c1[N+](=O)[O-]. The van der Waals surface area contributed by atoms with Crippen molar-refractivity contribution >= 4 is 45.2 Å². The van der Waals surface area contributed by atoms with Crippen LogP contribution in [-0.4, -0.2) is 34.5 Å². The Kier molecular flexibility index (Phi) is 4.05. The van der Waals surface area contributed by atoms with Crippen LogP contribution in [0.25, 0.3) is 10.9 Å². The summed E-state index contributed by atoms with van der Waals surface area (Å²) >= 11 is 0. The Hall–Kier alpha value is -4.84. The van der Waals surface area contributed by atoms with E-state index in [9.17, 15) is 60.7 Å². The quantitative estimate of drug-likeness (QED) is 0.546. The first-order valence-electron chi connectivity index (χ1n) is 6.03. The van der Waals surface area contributed by atoms with Crippen LogP contribution in [0.4, 0.5) is 34.3 Å². The van der Waals surface area contributed by atoms with E-state index in [1.165, 1.54) is 4.98 Å². The van der Waals surface area contributed by atoms with Gasteiger partial charge in [-0.1, -0.05) is 0 Å². The average molecular weight is 387 g/mol. The van der Waals surface area contributed by atoms with Gasteiger partial charge in [-0.05, 0) is 4.92 Å². The third kappa shape index (κ3) is 2.55. The molecule has 0 spiro atoms. The molecule has 0 radical (unpaired) electrons. The van der Waals surface area contributed by atoms with E-state index >= 15 is 0 Å². The fourth-order valence-corrected chi connectivity index (χ4v) is 2.36. The lowest BCUT2D eigenvalue weighted by molar-refractivity contribution is -0.450. The molecule has 0 unspecified atom stereocenters. The Bertz CT molecular complexity index is 1100. The molecule has 0 saturated carbocycles. The van der Waals surface area contributed by atoms with Crippen molar-refractivity contribution in [2.45, 2.75) is 0 Å². The predicted octanol–water partition coefficient (Wildman–Crippen LogP) is 1.62. The number of nitro benzene ring substituents is 4. The summed E-state index contributed by atoms with van der Waals surface area (Å²) in [5.41, 5.74) is -10.7. The first kappa shape index (κ1) is 18.5. The molecule has 0 bridgehead atoms. The molecular weight excluding hydrogens is 386 g/mol. The number of fused-ring (bicyclic) bond motifs is 1. The molecule has 2 aromatic rings. The molecular formula is C8HN7O12. The van der Waals surface area contributed by atoms with Gasteiger partial charge in [-0.3, -0.25) is 50.6 Å². The number of benzene rings is 1. The summed E-state index contributed by atoms with van der Waals surface area (Å²) in [6, 6.07) is 0. The van der Waals surface area contributed by atoms with Gasteiger partial charge in [-0.25, -0.2) is 4.98 Å². The topological polar surface area (TPSA) is 275 Å². The van der Waals surface area contributed by atoms with E-state index in [0.717, 1.165) is 0 Å². The van der Waals surface area contributed by atoms with Crippen LogP contribution in [0, 0.1) is 60.7 Å². The summed E-state index contributed by atoms with van der Waals surface area (Å²) in [5, 5.41) is 65.3. The molecule has 19 heteroatoms. The molecule has 0 atom stereocenters. The average Bonchev–Trinajstić information content (AvgIpc) is 2.91. The summed E-state index contributed by atoms with van der Waals surface area (Å²) in [4.78, 5) is 58.7. The maximum absolute atomic E-state index is 11.3. The molecule has 0 aliphatic rings. The fraction of sp³-hybridized carbons (Fsp3) is 0. The van der Waals surface area contributed by atoms with Gasteiger partial charge < -0.3 is 10.1 Å². The second kappa shape index (κ2) is 5.91. The van der Waals surface area contributed by atoms with Crippen molar-refractivity contribution in [1.29, 1.82) is 0 Å². The molecule has 1 aromatic carbocycles. The largest absolute Gasteiger partial charge is 0.434 e. The van der Waals surface area contributed by atoms with Crippen LogP contribution in [0.5, 0.6) is 0 Å². The third-order valence-electron chi connectivity index (χ3n) is 3.20. The fourth-order valence-electron chi connectivity index (χ4n) is 2.36. The highest BCUT2D eigenvalue weighted by atomic mass is 16.7. The number of hydrogen-bond acceptors (Lipinski definition) is 12. The van der Waals surface area contributed by atoms with Gasteiger partial charge in [0, 0.05) is 0 Å². The number of hydrogen-bond donors (Lipinski definition) is 1. The van der Waals surface area contributed by atoms with E-state index < -0.39 is 74.7 Å². The first-order chi connectivity index (χ1) is 12.4. The Labute approximate surface area is 141 Å². The Morgan fingerprint density at radius 3 is 1.19 bits per heavy atom. The van der Waals surface area contributed by atoms with Gasteiger partial charge in [0.05, 0.1) is 24.6 Å². The van der Waals surface area contributed by atoms with Crippen LogP contribution in [0.3, 0.4) is 0 Å². The number of nitrogens with zero attached hydrogens (tertiary/aromatic N) is 6. The minimum Gasteiger partial charge on any atom is -0.358 e. The Morgan fingerprint density at radius 1 is 0.481 bits per heavy atom. The lowest BCUT2D eigenvalue weighted by Crippen LogP contribution is -2.06. The molecule has 2 rings (SSSR count). The van der Waals surface area contributed by atoms with Gasteiger partial charge in [0.15, 0.2) is 0 Å². The zero-order valence-electron chi connectivity index (χ0n) is 12.1. The lowest BCUT2D eigenvalue weighted by Gasteiger charge is -1.99. The van der Waals surface area contributed by atoms with Crippen molar-refractivity contribution in [2.75, 3.05) is 0 Å². The summed E-state index contributed by atoms with van der Waals surface area (Å²) in [6.45, 7) is 0. The Morgan fingerprint density at radius 2 is 0.852 bits per heavy atom. The smallest absolute Gasteiger partial charge is 0.358 e. The van der Waals surface area contributed by atoms with Gasteiger partial charge in [0.1, 0.15) is 0 Å². The highest BCUT2D eigenvalue weighted by Crippen LogP contribution is 2.53. The van der Waals surface area contributed by atoms with E-state index in [4.69, 9.17) is 0 Å². The zero-order chi connectivity index (χ0) is 20.8. The van der Waals surface area contributed by atoms with E-state index in [1.54, 1.807) is 0 Å². The monoisotopic (exact) mass is 387 g/mol. The second-order valence-electron chi connectivity index (χ2n) is 4.51. The van der Waals surface area contributed by atoms with Crippen molar-refractivity contribution in [3.63, 3.8) is 0 Å². The Balaban J connectivity index is 3.44. The molecule has 0 saturated heterocycles. The molecule has 0 aliphatic carbocycles. The van der Waals surface area contributed by atoms with E-state index in [0.29, 0.717) is 0 Å². The molecule has 1 heterocycles. The lowest BCUT2D eigenvalue weighted by atomic mass is 10.1. The van der Waals surface area contributed by atoms with Gasteiger partial charge in [0.2, 0.25) is 10.9 Å². The minimum atomic E-state index is -2.03. The number of nitrogens with one attached hydrogen (secondary N) is 1. The van der Waals surface area contributed by atoms with Gasteiger partial charge in [-0.2, -0.15) is 0 Å². The molecule has 0 fully saturated rings. The van der Waals surface area contributed by atoms with Crippen molar-refractivity contribution in [3.8, 4) is 0 Å². The summed E-state index contributed by atoms with van der Waals surface area (Å²) in [6.07, 6.45) is 0. The first-order valence-corrected chi connectivity index (χ1v) is 6.03. The van der Waals surface area contributed by atoms with Crippen molar-refractivity contribution in [2.24, 2.45) is 0 Å². The number of H-pyrrole nitrogens is 1. The number of aromatic nitrogens is 1. The molecule has 19 nitrogen and oxygen atoms in total. The highest BCUT2D eigenvalue weighted by Gasteiger charge is 2.53. The molecule has 0 aliphatic heterocycles. The van der Waals surface area contributed by atoms with E-state index in [1.807, 2.05) is 0 Å². The van der Waals surface area contributed by atoms with Crippen LogP contribution >= 0.6 is 0 Å². The highest BCUT2D eigenvalue weighted by molar-refractivity contribution is 6.11. The number of nitro groups is 6. The summed E-state index contributed by atoms with van der Waals surface area (Å²) in [7, 11) is 0. The van der Waals surface area contributed by atoms with Crippen LogP contribution in [0.1, 0.15) is 0 Å². The zero-order valence-corrected chi connectivity index (χ0v) is 12.1. The number of rotatable bonds is 6. The van der Waals surface area contributed by atoms with Crippen LogP contribution in [0.2, 0.25) is 0 Å². The van der Waals surface area contributed by atoms with Crippen LogP contribution < -0.4 is 0 Å². The number of aromatic amines is 1. The van der Waals surface area contributed by atoms with Crippen LogP contribution in [-0.2, 0) is 0 Å². The third-order valence-corrected chi connectivity index (χ3v) is 3.20. The van der Waals surface area contributed by atoms with Crippen molar-refractivity contribution in [1.82, 2.24) is 4.98 Å². The molecule has 1 aromatic heterocycles. The van der Waals surface area contributed by atoms with Crippen molar-refractivity contribution in [3.05, 3.63) is 60.7 Å². The maximum Gasteiger partial charge on any atom is 0.434 e. The van der Waals surface area contributed by atoms with E-state index in [-0.39, 0.29) is 0 Å². The summed E-state index contributed by atoms with van der Waals surface area (Å²) < 4.78 is 0. The minimum absolute atomic E-state index is 1.34. The van der Waals surface area contributed by atoms with Gasteiger partial charge in [-0.15, -0.1) is 0 Å². The van der Waals surface area contributed by atoms with Gasteiger partial charge in [0.25, 0.3) is 0 Å². The maximum atomic E-state index is 11.3. The molecule has 1 N–H and O–H groups in total. The molecule has 0 amide bonds. The van der Waals surface area contributed by atoms with E-state index in [2.05, 4.69) is 0 Å². The summed E-state index contributed by atoms with van der Waals surface area (Å²) in [5.74, 6) is -1.59. The molecule has 140 valence electrons. The van der Waals surface area contributed by atoms with Crippen LogP contribution in [0.15, 0.2) is 0 Å². The normalized spacial score (nSPS) is 10.5. The van der Waals surface area contributed by atoms with Crippen molar-refractivity contribution < 1.29 is 29.5 Å². The molecule has 27 heavy (non-hydrogen) atoms. The predicted molar refractivity (Wildman–Crippen MR) is 78.2 cm³/mol. The van der Waals surface area contributed by atoms with Gasteiger partial charge >= 0.3 is 34.3 Å².